The molecule has 0 aromatic carbocycles. The Labute approximate surface area is 133 Å². The predicted octanol–water partition coefficient (Wildman–Crippen LogP) is 4.88. The Bertz CT molecular complexity index is 269. The third-order valence-corrected chi connectivity index (χ3v) is 5.33. The van der Waals surface area contributed by atoms with Crippen molar-refractivity contribution in [2.75, 3.05) is 20.3 Å². The van der Waals surface area contributed by atoms with Crippen molar-refractivity contribution in [3.05, 3.63) is 0 Å². The standard InChI is InChI=1S/C19H39NO/c1-15(2)20-14-17-10-11-18(19(3,4)5)13-16(17)9-7-8-12-21-6/h15-18,20H,7-14H2,1-6H3. The summed E-state index contributed by atoms with van der Waals surface area (Å²) in [4.78, 5) is 0. The molecule has 21 heavy (non-hydrogen) atoms. The average molecular weight is 298 g/mol. The third-order valence-electron chi connectivity index (χ3n) is 5.33. The fourth-order valence-electron chi connectivity index (χ4n) is 3.78. The summed E-state index contributed by atoms with van der Waals surface area (Å²) in [5.41, 5.74) is 0.473. The van der Waals surface area contributed by atoms with Gasteiger partial charge in [0.2, 0.25) is 0 Å². The van der Waals surface area contributed by atoms with Crippen molar-refractivity contribution in [3.63, 3.8) is 0 Å². The first-order valence-corrected chi connectivity index (χ1v) is 9.07. The molecule has 2 heteroatoms. The lowest BCUT2D eigenvalue weighted by Crippen LogP contribution is -2.38. The van der Waals surface area contributed by atoms with Crippen LogP contribution >= 0.6 is 0 Å². The molecule has 126 valence electrons. The van der Waals surface area contributed by atoms with E-state index in [4.69, 9.17) is 4.74 Å². The smallest absolute Gasteiger partial charge is 0.0462 e. The van der Waals surface area contributed by atoms with Crippen molar-refractivity contribution in [1.82, 2.24) is 5.32 Å². The van der Waals surface area contributed by atoms with Crippen LogP contribution in [0.1, 0.15) is 73.1 Å². The van der Waals surface area contributed by atoms with E-state index in [1.54, 1.807) is 0 Å². The van der Waals surface area contributed by atoms with Crippen LogP contribution in [0.2, 0.25) is 0 Å². The van der Waals surface area contributed by atoms with E-state index in [0.717, 1.165) is 24.4 Å². The second kappa shape index (κ2) is 9.15. The quantitative estimate of drug-likeness (QED) is 0.645. The molecule has 2 nitrogen and oxygen atoms in total. The normalized spacial score (nSPS) is 27.3. The molecule has 1 aliphatic carbocycles. The first-order chi connectivity index (χ1) is 9.84. The number of unbranched alkanes of at least 4 members (excludes halogenated alkanes) is 1. The number of hydrogen-bond donors (Lipinski definition) is 1. The number of nitrogens with one attached hydrogen (secondary N) is 1. The van der Waals surface area contributed by atoms with Gasteiger partial charge in [0.05, 0.1) is 0 Å². The van der Waals surface area contributed by atoms with E-state index in [-0.39, 0.29) is 0 Å². The van der Waals surface area contributed by atoms with Crippen molar-refractivity contribution < 1.29 is 4.74 Å². The van der Waals surface area contributed by atoms with Gasteiger partial charge in [0.1, 0.15) is 0 Å². The highest BCUT2D eigenvalue weighted by molar-refractivity contribution is 4.86. The Morgan fingerprint density at radius 2 is 1.81 bits per heavy atom. The summed E-state index contributed by atoms with van der Waals surface area (Å²) in [5, 5.41) is 3.68. The molecule has 1 rings (SSSR count). The van der Waals surface area contributed by atoms with Gasteiger partial charge in [0, 0.05) is 19.8 Å². The van der Waals surface area contributed by atoms with Gasteiger partial charge in [-0.15, -0.1) is 0 Å². The largest absolute Gasteiger partial charge is 0.385 e. The Hall–Kier alpha value is -0.0800. The zero-order chi connectivity index (χ0) is 15.9. The van der Waals surface area contributed by atoms with Crippen LogP contribution in [-0.4, -0.2) is 26.3 Å². The van der Waals surface area contributed by atoms with Crippen LogP contribution in [0, 0.1) is 23.2 Å². The van der Waals surface area contributed by atoms with Crippen LogP contribution in [0.3, 0.4) is 0 Å². The summed E-state index contributed by atoms with van der Waals surface area (Å²) in [7, 11) is 1.81. The van der Waals surface area contributed by atoms with Crippen LogP contribution in [-0.2, 0) is 4.74 Å². The van der Waals surface area contributed by atoms with Gasteiger partial charge >= 0.3 is 0 Å². The van der Waals surface area contributed by atoms with Gasteiger partial charge in [0.25, 0.3) is 0 Å². The fraction of sp³-hybridized carbons (Fsp3) is 1.00. The van der Waals surface area contributed by atoms with Crippen molar-refractivity contribution in [3.8, 4) is 0 Å². The van der Waals surface area contributed by atoms with Crippen molar-refractivity contribution in [1.29, 1.82) is 0 Å². The first kappa shape index (κ1) is 19.0. The van der Waals surface area contributed by atoms with Gasteiger partial charge in [-0.1, -0.05) is 47.5 Å². The summed E-state index contributed by atoms with van der Waals surface area (Å²) in [6.45, 7) is 13.9. The van der Waals surface area contributed by atoms with Crippen LogP contribution < -0.4 is 5.32 Å². The zero-order valence-electron chi connectivity index (χ0n) is 15.4. The van der Waals surface area contributed by atoms with Crippen molar-refractivity contribution in [2.24, 2.45) is 23.2 Å². The molecule has 0 amide bonds. The molecule has 1 fully saturated rings. The molecule has 0 saturated heterocycles. The molecular formula is C19H39NO. The van der Waals surface area contributed by atoms with Crippen LogP contribution in [0.15, 0.2) is 0 Å². The van der Waals surface area contributed by atoms with E-state index in [0.29, 0.717) is 11.5 Å². The zero-order valence-corrected chi connectivity index (χ0v) is 15.4. The molecular weight excluding hydrogens is 258 g/mol. The van der Waals surface area contributed by atoms with E-state index in [1.165, 1.54) is 45.1 Å². The molecule has 0 spiro atoms. The Morgan fingerprint density at radius 3 is 2.38 bits per heavy atom. The number of methoxy groups -OCH3 is 1. The highest BCUT2D eigenvalue weighted by Crippen LogP contribution is 2.44. The Morgan fingerprint density at radius 1 is 1.10 bits per heavy atom. The maximum atomic E-state index is 5.20. The van der Waals surface area contributed by atoms with E-state index in [2.05, 4.69) is 39.9 Å². The fourth-order valence-corrected chi connectivity index (χ4v) is 3.78. The summed E-state index contributed by atoms with van der Waals surface area (Å²) in [5.74, 6) is 2.69. The molecule has 0 bridgehead atoms. The van der Waals surface area contributed by atoms with Gasteiger partial charge in [-0.2, -0.15) is 0 Å². The van der Waals surface area contributed by atoms with Crippen molar-refractivity contribution >= 4 is 0 Å². The first-order valence-electron chi connectivity index (χ1n) is 9.07. The SMILES string of the molecule is COCCCCC1CC(C(C)(C)C)CCC1CNC(C)C. The minimum Gasteiger partial charge on any atom is -0.385 e. The van der Waals surface area contributed by atoms with Crippen LogP contribution in [0.5, 0.6) is 0 Å². The molecule has 0 aromatic rings. The summed E-state index contributed by atoms with van der Waals surface area (Å²) >= 11 is 0. The molecule has 1 N–H and O–H groups in total. The predicted molar refractivity (Wildman–Crippen MR) is 92.6 cm³/mol. The topological polar surface area (TPSA) is 21.3 Å². The monoisotopic (exact) mass is 297 g/mol. The second-order valence-electron chi connectivity index (χ2n) is 8.45. The maximum absolute atomic E-state index is 5.20. The number of hydrogen-bond acceptors (Lipinski definition) is 2. The minimum atomic E-state index is 0.473. The lowest BCUT2D eigenvalue weighted by Gasteiger charge is -2.42. The van der Waals surface area contributed by atoms with E-state index in [1.807, 2.05) is 7.11 Å². The average Bonchev–Trinajstić information content (AvgIpc) is 2.40. The molecule has 0 radical (unpaired) electrons. The highest BCUT2D eigenvalue weighted by Gasteiger charge is 2.35. The molecule has 1 aliphatic rings. The van der Waals surface area contributed by atoms with Crippen LogP contribution in [0.25, 0.3) is 0 Å². The highest BCUT2D eigenvalue weighted by atomic mass is 16.5. The molecule has 0 heterocycles. The van der Waals surface area contributed by atoms with E-state index < -0.39 is 0 Å². The number of rotatable bonds is 8. The molecule has 1 saturated carbocycles. The summed E-state index contributed by atoms with van der Waals surface area (Å²) in [6, 6.07) is 0.611. The summed E-state index contributed by atoms with van der Waals surface area (Å²) in [6.07, 6.45) is 8.20. The van der Waals surface area contributed by atoms with E-state index >= 15 is 0 Å². The molecule has 3 unspecified atom stereocenters. The van der Waals surface area contributed by atoms with Gasteiger partial charge < -0.3 is 10.1 Å². The van der Waals surface area contributed by atoms with E-state index in [9.17, 15) is 0 Å². The Balaban J connectivity index is 2.52. The molecule has 3 atom stereocenters. The second-order valence-corrected chi connectivity index (χ2v) is 8.45. The minimum absolute atomic E-state index is 0.473. The summed E-state index contributed by atoms with van der Waals surface area (Å²) < 4.78 is 5.20. The number of ether oxygens (including phenoxy) is 1. The lowest BCUT2D eigenvalue weighted by molar-refractivity contribution is 0.0882. The van der Waals surface area contributed by atoms with Gasteiger partial charge in [-0.25, -0.2) is 0 Å². The maximum Gasteiger partial charge on any atom is 0.0462 e. The van der Waals surface area contributed by atoms with Gasteiger partial charge in [0.15, 0.2) is 0 Å². The van der Waals surface area contributed by atoms with Crippen molar-refractivity contribution in [2.45, 2.75) is 79.2 Å². The Kier molecular flexibility index (Phi) is 8.26. The molecule has 0 aromatic heterocycles. The van der Waals surface area contributed by atoms with Gasteiger partial charge in [-0.05, 0) is 55.4 Å². The lowest BCUT2D eigenvalue weighted by atomic mass is 9.64. The van der Waals surface area contributed by atoms with Crippen LogP contribution in [0.4, 0.5) is 0 Å². The van der Waals surface area contributed by atoms with Gasteiger partial charge in [-0.3, -0.25) is 0 Å². The molecule has 0 aliphatic heterocycles. The third kappa shape index (κ3) is 7.15.